The molecule has 0 atom stereocenters. The number of carbonyl (C=O) groups excluding carboxylic acids is 1. The molecule has 0 radical (unpaired) electrons. The number of aromatic hydroxyl groups is 1. The molecule has 0 aliphatic rings. The molecule has 0 saturated heterocycles. The number of rotatable bonds is 4. The number of nitrogens with zero attached hydrogens (tertiary/aromatic N) is 2. The molecule has 162 valence electrons. The highest BCUT2D eigenvalue weighted by molar-refractivity contribution is 6.07. The minimum absolute atomic E-state index is 0.0557. The van der Waals surface area contributed by atoms with Gasteiger partial charge < -0.3 is 5.11 Å². The molecule has 3 aromatic rings. The van der Waals surface area contributed by atoms with Crippen LogP contribution in [0.4, 0.5) is 32.0 Å². The Labute approximate surface area is 172 Å². The second-order valence-corrected chi connectivity index (χ2v) is 6.50. The number of alkyl halides is 6. The number of hydrogen-bond donors (Lipinski definition) is 1. The summed E-state index contributed by atoms with van der Waals surface area (Å²) in [5.41, 5.74) is -3.84. The van der Waals surface area contributed by atoms with Crippen molar-refractivity contribution in [2.75, 3.05) is 4.90 Å². The number of pyridine rings is 1. The Balaban J connectivity index is 2.14. The number of anilines is 1. The molecule has 4 nitrogen and oxygen atoms in total. The number of aromatic nitrogens is 1. The Hall–Kier alpha value is -3.56. The summed E-state index contributed by atoms with van der Waals surface area (Å²) in [5, 5.41) is 10.1. The fourth-order valence-corrected chi connectivity index (χ4v) is 2.85. The second kappa shape index (κ2) is 8.29. The highest BCUT2D eigenvalue weighted by Gasteiger charge is 2.38. The van der Waals surface area contributed by atoms with E-state index in [2.05, 4.69) is 4.98 Å². The van der Waals surface area contributed by atoms with E-state index in [1.54, 1.807) is 12.1 Å². The maximum absolute atomic E-state index is 13.2. The molecule has 0 saturated carbocycles. The first kappa shape index (κ1) is 22.1. The van der Waals surface area contributed by atoms with Crippen LogP contribution in [-0.2, 0) is 18.9 Å². The average molecular weight is 440 g/mol. The first-order valence-corrected chi connectivity index (χ1v) is 8.76. The summed E-state index contributed by atoms with van der Waals surface area (Å²) in [4.78, 5) is 18.0. The van der Waals surface area contributed by atoms with Crippen molar-refractivity contribution in [3.63, 3.8) is 0 Å². The zero-order valence-corrected chi connectivity index (χ0v) is 15.6. The number of hydrogen-bond acceptors (Lipinski definition) is 3. The van der Waals surface area contributed by atoms with Crippen molar-refractivity contribution >= 4 is 11.6 Å². The fourth-order valence-electron chi connectivity index (χ4n) is 2.85. The van der Waals surface area contributed by atoms with Gasteiger partial charge in [0, 0.05) is 11.8 Å². The molecule has 1 aromatic heterocycles. The molecule has 1 amide bonds. The van der Waals surface area contributed by atoms with Crippen molar-refractivity contribution in [2.24, 2.45) is 0 Å². The number of amides is 1. The Bertz CT molecular complexity index is 1050. The van der Waals surface area contributed by atoms with E-state index in [0.717, 1.165) is 4.90 Å². The summed E-state index contributed by atoms with van der Waals surface area (Å²) in [6.45, 7) is -0.297. The van der Waals surface area contributed by atoms with Gasteiger partial charge in [0.05, 0.1) is 29.1 Å². The first-order chi connectivity index (χ1) is 14.5. The minimum Gasteiger partial charge on any atom is -0.506 e. The lowest BCUT2D eigenvalue weighted by Gasteiger charge is -2.24. The Kier molecular flexibility index (Phi) is 5.92. The van der Waals surface area contributed by atoms with Gasteiger partial charge in [0.1, 0.15) is 5.75 Å². The van der Waals surface area contributed by atoms with Gasteiger partial charge in [-0.3, -0.25) is 14.7 Å². The summed E-state index contributed by atoms with van der Waals surface area (Å²) in [6.07, 6.45) is -8.79. The lowest BCUT2D eigenvalue weighted by atomic mass is 10.0. The molecule has 31 heavy (non-hydrogen) atoms. The molecule has 0 bridgehead atoms. The highest BCUT2D eigenvalue weighted by Crippen LogP contribution is 2.37. The SMILES string of the molecule is O=C(c1cc(C(F)(F)F)cc(C(F)(F)F)c1)N(Cc1ccccn1)c1ccccc1O. The van der Waals surface area contributed by atoms with Crippen molar-refractivity contribution in [1.82, 2.24) is 4.98 Å². The summed E-state index contributed by atoms with van der Waals surface area (Å²) < 4.78 is 79.2. The molecule has 3 rings (SSSR count). The molecular formula is C21H14F6N2O2. The molecule has 10 heteroatoms. The van der Waals surface area contributed by atoms with Gasteiger partial charge in [0.25, 0.3) is 5.91 Å². The van der Waals surface area contributed by atoms with Gasteiger partial charge in [-0.2, -0.15) is 26.3 Å². The summed E-state index contributed by atoms with van der Waals surface area (Å²) >= 11 is 0. The molecule has 0 aliphatic carbocycles. The predicted octanol–water partition coefficient (Wildman–Crippen LogP) is 5.67. The molecule has 0 unspecified atom stereocenters. The number of benzene rings is 2. The van der Waals surface area contributed by atoms with Gasteiger partial charge in [-0.1, -0.05) is 18.2 Å². The van der Waals surface area contributed by atoms with Crippen LogP contribution >= 0.6 is 0 Å². The summed E-state index contributed by atoms with van der Waals surface area (Å²) in [7, 11) is 0. The van der Waals surface area contributed by atoms with Gasteiger partial charge >= 0.3 is 12.4 Å². The van der Waals surface area contributed by atoms with Gasteiger partial charge in [0.2, 0.25) is 0 Å². The Morgan fingerprint density at radius 3 is 1.97 bits per heavy atom. The number of phenols is 1. The van der Waals surface area contributed by atoms with Crippen LogP contribution in [0.25, 0.3) is 0 Å². The molecule has 1 heterocycles. The van der Waals surface area contributed by atoms with Crippen LogP contribution in [0.2, 0.25) is 0 Å². The lowest BCUT2D eigenvalue weighted by Crippen LogP contribution is -2.31. The molecule has 0 spiro atoms. The smallest absolute Gasteiger partial charge is 0.416 e. The third-order valence-corrected chi connectivity index (χ3v) is 4.30. The van der Waals surface area contributed by atoms with E-state index in [1.807, 2.05) is 0 Å². The predicted molar refractivity (Wildman–Crippen MR) is 99.3 cm³/mol. The quantitative estimate of drug-likeness (QED) is 0.532. The normalized spacial score (nSPS) is 11.9. The van der Waals surface area contributed by atoms with E-state index in [1.165, 1.54) is 36.5 Å². The third kappa shape index (κ3) is 5.14. The first-order valence-electron chi connectivity index (χ1n) is 8.76. The van der Waals surface area contributed by atoms with Crippen LogP contribution in [0, 0.1) is 0 Å². The maximum Gasteiger partial charge on any atom is 0.416 e. The van der Waals surface area contributed by atoms with E-state index >= 15 is 0 Å². The van der Waals surface area contributed by atoms with Crippen molar-refractivity contribution < 1.29 is 36.2 Å². The summed E-state index contributed by atoms with van der Waals surface area (Å²) in [5.74, 6) is -1.54. The third-order valence-electron chi connectivity index (χ3n) is 4.30. The number of carbonyl (C=O) groups is 1. The Morgan fingerprint density at radius 2 is 1.45 bits per heavy atom. The zero-order valence-electron chi connectivity index (χ0n) is 15.6. The van der Waals surface area contributed by atoms with Crippen LogP contribution < -0.4 is 4.90 Å². The minimum atomic E-state index is -5.10. The molecule has 0 aliphatic heterocycles. The average Bonchev–Trinajstić information content (AvgIpc) is 2.71. The van der Waals surface area contributed by atoms with Gasteiger partial charge in [-0.25, -0.2) is 0 Å². The molecule has 1 N–H and O–H groups in total. The van der Waals surface area contributed by atoms with Crippen molar-refractivity contribution in [3.8, 4) is 5.75 Å². The zero-order chi connectivity index (χ0) is 22.8. The maximum atomic E-state index is 13.2. The van der Waals surface area contributed by atoms with Crippen molar-refractivity contribution in [1.29, 1.82) is 0 Å². The van der Waals surface area contributed by atoms with Gasteiger partial charge in [-0.15, -0.1) is 0 Å². The Morgan fingerprint density at radius 1 is 0.871 bits per heavy atom. The van der Waals surface area contributed by atoms with Gasteiger partial charge in [-0.05, 0) is 42.5 Å². The number of para-hydroxylation sites is 2. The molecular weight excluding hydrogens is 426 g/mol. The van der Waals surface area contributed by atoms with E-state index in [9.17, 15) is 36.2 Å². The highest BCUT2D eigenvalue weighted by atomic mass is 19.4. The number of halogens is 6. The van der Waals surface area contributed by atoms with E-state index in [4.69, 9.17) is 0 Å². The van der Waals surface area contributed by atoms with Crippen LogP contribution in [0.15, 0.2) is 66.9 Å². The monoisotopic (exact) mass is 440 g/mol. The van der Waals surface area contributed by atoms with Crippen LogP contribution in [0.5, 0.6) is 5.75 Å². The lowest BCUT2D eigenvalue weighted by molar-refractivity contribution is -0.143. The fraction of sp³-hybridized carbons (Fsp3) is 0.143. The van der Waals surface area contributed by atoms with E-state index in [0.29, 0.717) is 17.8 Å². The molecule has 0 fully saturated rings. The summed E-state index contributed by atoms with van der Waals surface area (Å²) in [6, 6.07) is 10.8. The van der Waals surface area contributed by atoms with Crippen LogP contribution in [0.3, 0.4) is 0 Å². The van der Waals surface area contributed by atoms with Crippen LogP contribution in [0.1, 0.15) is 27.2 Å². The second-order valence-electron chi connectivity index (χ2n) is 6.50. The van der Waals surface area contributed by atoms with E-state index < -0.39 is 35.0 Å². The van der Waals surface area contributed by atoms with Crippen LogP contribution in [-0.4, -0.2) is 16.0 Å². The largest absolute Gasteiger partial charge is 0.506 e. The van der Waals surface area contributed by atoms with Crippen molar-refractivity contribution in [2.45, 2.75) is 18.9 Å². The van der Waals surface area contributed by atoms with Gasteiger partial charge in [0.15, 0.2) is 0 Å². The topological polar surface area (TPSA) is 53.4 Å². The standard InChI is InChI=1S/C21H14F6N2O2/c22-20(23,24)14-9-13(10-15(11-14)21(25,26)27)19(31)29(12-16-5-3-4-8-28-16)17-6-1-2-7-18(17)30/h1-11,30H,12H2. The van der Waals surface area contributed by atoms with Crippen molar-refractivity contribution in [3.05, 3.63) is 89.2 Å². The molecule has 2 aromatic carbocycles. The number of phenolic OH excluding ortho intramolecular Hbond substituents is 1. The van der Waals surface area contributed by atoms with E-state index in [-0.39, 0.29) is 24.0 Å².